The molecule has 0 radical (unpaired) electrons. The number of halogens is 2. The van der Waals surface area contributed by atoms with E-state index in [0.29, 0.717) is 27.6 Å². The summed E-state index contributed by atoms with van der Waals surface area (Å²) in [5.74, 6) is 1.21. The van der Waals surface area contributed by atoms with Crippen LogP contribution in [0.1, 0.15) is 27.2 Å². The van der Waals surface area contributed by atoms with E-state index in [-0.39, 0.29) is 11.9 Å². The molecule has 0 aliphatic carbocycles. The van der Waals surface area contributed by atoms with Gasteiger partial charge in [-0.15, -0.1) is 0 Å². The first kappa shape index (κ1) is 16.6. The Kier molecular flexibility index (Phi) is 5.53. The summed E-state index contributed by atoms with van der Waals surface area (Å²) in [6.45, 7) is 8.34. The van der Waals surface area contributed by atoms with Crippen molar-refractivity contribution in [1.29, 1.82) is 0 Å². The van der Waals surface area contributed by atoms with E-state index in [4.69, 9.17) is 23.2 Å². The molecule has 21 heavy (non-hydrogen) atoms. The molecule has 3 nitrogen and oxygen atoms in total. The standard InChI is InChI=1S/C16H22Cl2N2O/c1-10-6-11(2)9-20(8-10)12(3)16(21)19-15-7-13(17)4-5-14(15)18/h4-5,7,10-12H,6,8-9H2,1-3H3,(H,19,21)/t10-,11-,12-/m1/s1. The van der Waals surface area contributed by atoms with Gasteiger partial charge in [0.1, 0.15) is 0 Å². The molecule has 0 spiro atoms. The molecule has 116 valence electrons. The number of hydrogen-bond acceptors (Lipinski definition) is 2. The molecule has 1 heterocycles. The van der Waals surface area contributed by atoms with Gasteiger partial charge in [-0.2, -0.15) is 0 Å². The quantitative estimate of drug-likeness (QED) is 0.897. The van der Waals surface area contributed by atoms with Gasteiger partial charge in [-0.1, -0.05) is 37.0 Å². The summed E-state index contributed by atoms with van der Waals surface area (Å²) in [7, 11) is 0. The van der Waals surface area contributed by atoms with Gasteiger partial charge in [-0.05, 0) is 43.4 Å². The Morgan fingerprint density at radius 3 is 2.52 bits per heavy atom. The summed E-state index contributed by atoms with van der Waals surface area (Å²) in [6, 6.07) is 4.90. The van der Waals surface area contributed by atoms with Crippen molar-refractivity contribution in [2.45, 2.75) is 33.2 Å². The molecule has 1 aliphatic rings. The maximum absolute atomic E-state index is 12.4. The van der Waals surface area contributed by atoms with Crippen molar-refractivity contribution in [3.05, 3.63) is 28.2 Å². The molecule has 3 atom stereocenters. The maximum Gasteiger partial charge on any atom is 0.241 e. The number of nitrogens with zero attached hydrogens (tertiary/aromatic N) is 1. The molecule has 0 aromatic heterocycles. The summed E-state index contributed by atoms with van der Waals surface area (Å²) >= 11 is 12.0. The molecule has 1 aromatic carbocycles. The molecule has 1 aliphatic heterocycles. The SMILES string of the molecule is C[C@@H]1C[C@@H](C)CN([C@H](C)C(=O)Nc2cc(Cl)ccc2Cl)C1. The molecule has 0 saturated carbocycles. The van der Waals surface area contributed by atoms with E-state index >= 15 is 0 Å². The number of benzene rings is 1. The maximum atomic E-state index is 12.4. The molecular weight excluding hydrogens is 307 g/mol. The van der Waals surface area contributed by atoms with Crippen molar-refractivity contribution in [1.82, 2.24) is 4.90 Å². The van der Waals surface area contributed by atoms with Crippen LogP contribution < -0.4 is 5.32 Å². The van der Waals surface area contributed by atoms with E-state index in [2.05, 4.69) is 24.1 Å². The first-order valence-corrected chi connectivity index (χ1v) is 8.12. The highest BCUT2D eigenvalue weighted by Crippen LogP contribution is 2.27. The zero-order valence-electron chi connectivity index (χ0n) is 12.7. The van der Waals surface area contributed by atoms with Crippen LogP contribution in [0.3, 0.4) is 0 Å². The number of amides is 1. The van der Waals surface area contributed by atoms with Gasteiger partial charge >= 0.3 is 0 Å². The summed E-state index contributed by atoms with van der Waals surface area (Å²) in [6.07, 6.45) is 1.23. The fourth-order valence-electron chi connectivity index (χ4n) is 3.02. The van der Waals surface area contributed by atoms with Crippen molar-refractivity contribution in [2.24, 2.45) is 11.8 Å². The van der Waals surface area contributed by atoms with Crippen LogP contribution in [0.15, 0.2) is 18.2 Å². The number of anilines is 1. The van der Waals surface area contributed by atoms with E-state index in [1.54, 1.807) is 18.2 Å². The van der Waals surface area contributed by atoms with Crippen molar-refractivity contribution in [3.8, 4) is 0 Å². The van der Waals surface area contributed by atoms with Gasteiger partial charge in [0, 0.05) is 18.1 Å². The first-order valence-electron chi connectivity index (χ1n) is 7.36. The lowest BCUT2D eigenvalue weighted by molar-refractivity contribution is -0.121. The van der Waals surface area contributed by atoms with Gasteiger partial charge in [-0.25, -0.2) is 0 Å². The van der Waals surface area contributed by atoms with Gasteiger partial charge in [-0.3, -0.25) is 9.69 Å². The molecule has 0 unspecified atom stereocenters. The van der Waals surface area contributed by atoms with Crippen molar-refractivity contribution in [3.63, 3.8) is 0 Å². The average molecular weight is 329 g/mol. The summed E-state index contributed by atoms with van der Waals surface area (Å²) in [5.41, 5.74) is 0.569. The van der Waals surface area contributed by atoms with E-state index in [0.717, 1.165) is 13.1 Å². The highest BCUT2D eigenvalue weighted by molar-refractivity contribution is 6.35. The summed E-state index contributed by atoms with van der Waals surface area (Å²) in [5, 5.41) is 3.94. The van der Waals surface area contributed by atoms with Gasteiger partial charge in [0.25, 0.3) is 0 Å². The lowest BCUT2D eigenvalue weighted by atomic mass is 9.91. The Morgan fingerprint density at radius 1 is 1.29 bits per heavy atom. The molecule has 5 heteroatoms. The predicted molar refractivity (Wildman–Crippen MR) is 89.1 cm³/mol. The molecule has 0 bridgehead atoms. The van der Waals surface area contributed by atoms with Crippen LogP contribution in [0.5, 0.6) is 0 Å². The van der Waals surface area contributed by atoms with Crippen LogP contribution in [0.4, 0.5) is 5.69 Å². The molecule has 1 aromatic rings. The van der Waals surface area contributed by atoms with Crippen LogP contribution in [0.2, 0.25) is 10.0 Å². The van der Waals surface area contributed by atoms with Crippen LogP contribution in [0, 0.1) is 11.8 Å². The van der Waals surface area contributed by atoms with Crippen molar-refractivity contribution in [2.75, 3.05) is 18.4 Å². The van der Waals surface area contributed by atoms with Crippen LogP contribution in [-0.4, -0.2) is 29.9 Å². The van der Waals surface area contributed by atoms with E-state index in [9.17, 15) is 4.79 Å². The molecule has 1 fully saturated rings. The fourth-order valence-corrected chi connectivity index (χ4v) is 3.36. The Bertz CT molecular complexity index is 511. The number of rotatable bonds is 3. The highest BCUT2D eigenvalue weighted by Gasteiger charge is 2.29. The van der Waals surface area contributed by atoms with Gasteiger partial charge in [0.05, 0.1) is 16.8 Å². The zero-order valence-corrected chi connectivity index (χ0v) is 14.2. The minimum Gasteiger partial charge on any atom is -0.323 e. The van der Waals surface area contributed by atoms with E-state index in [1.165, 1.54) is 6.42 Å². The lowest BCUT2D eigenvalue weighted by Crippen LogP contribution is -2.48. The second-order valence-electron chi connectivity index (χ2n) is 6.19. The fraction of sp³-hybridized carbons (Fsp3) is 0.562. The molecule has 1 amide bonds. The smallest absolute Gasteiger partial charge is 0.241 e. The molecule has 1 N–H and O–H groups in total. The largest absolute Gasteiger partial charge is 0.323 e. The number of nitrogens with one attached hydrogen (secondary N) is 1. The Labute approximate surface area is 136 Å². The third-order valence-corrected chi connectivity index (χ3v) is 4.58. The topological polar surface area (TPSA) is 32.3 Å². The van der Waals surface area contributed by atoms with Gasteiger partial charge < -0.3 is 5.32 Å². The van der Waals surface area contributed by atoms with E-state index < -0.39 is 0 Å². The van der Waals surface area contributed by atoms with E-state index in [1.807, 2.05) is 6.92 Å². The average Bonchev–Trinajstić information content (AvgIpc) is 2.41. The normalized spacial score (nSPS) is 24.6. The third-order valence-electron chi connectivity index (χ3n) is 4.01. The summed E-state index contributed by atoms with van der Waals surface area (Å²) < 4.78 is 0. The number of hydrogen-bond donors (Lipinski definition) is 1. The molecule has 2 rings (SSSR count). The highest BCUT2D eigenvalue weighted by atomic mass is 35.5. The number of piperidine rings is 1. The zero-order chi connectivity index (χ0) is 15.6. The van der Waals surface area contributed by atoms with Gasteiger partial charge in [0.2, 0.25) is 5.91 Å². The predicted octanol–water partition coefficient (Wildman–Crippen LogP) is 4.30. The van der Waals surface area contributed by atoms with Crippen molar-refractivity contribution >= 4 is 34.8 Å². The number of likely N-dealkylation sites (tertiary alicyclic amines) is 1. The third kappa shape index (κ3) is 4.35. The van der Waals surface area contributed by atoms with Crippen LogP contribution >= 0.6 is 23.2 Å². The Balaban J connectivity index is 2.04. The van der Waals surface area contributed by atoms with Crippen LogP contribution in [0.25, 0.3) is 0 Å². The Morgan fingerprint density at radius 2 is 1.90 bits per heavy atom. The Hall–Kier alpha value is -0.770. The van der Waals surface area contributed by atoms with Gasteiger partial charge in [0.15, 0.2) is 0 Å². The lowest BCUT2D eigenvalue weighted by Gasteiger charge is -2.38. The first-order chi connectivity index (χ1) is 9.86. The molecule has 1 saturated heterocycles. The minimum atomic E-state index is -0.176. The van der Waals surface area contributed by atoms with Crippen LogP contribution in [-0.2, 0) is 4.79 Å². The minimum absolute atomic E-state index is 0.0412. The monoisotopic (exact) mass is 328 g/mol. The second-order valence-corrected chi connectivity index (χ2v) is 7.03. The molecular formula is C16H22Cl2N2O. The number of carbonyl (C=O) groups is 1. The summed E-state index contributed by atoms with van der Waals surface area (Å²) in [4.78, 5) is 14.7. The number of carbonyl (C=O) groups excluding carboxylic acids is 1. The second kappa shape index (κ2) is 6.99. The van der Waals surface area contributed by atoms with Crippen molar-refractivity contribution < 1.29 is 4.79 Å².